The summed E-state index contributed by atoms with van der Waals surface area (Å²) in [6, 6.07) is 3.84. The van der Waals surface area contributed by atoms with E-state index in [-0.39, 0.29) is 5.56 Å². The third-order valence-electron chi connectivity index (χ3n) is 2.82. The number of nitrogens with zero attached hydrogens (tertiary/aromatic N) is 2. The standard InChI is InChI=1S/C12H11N3OS/c1-7-3-2-4-13-10(7)11-14-9-6-17-5-8(9)12(16)15-11/h2-4H,5-6H2,1H3,(H,14,15,16). The molecule has 0 fully saturated rings. The van der Waals surface area contributed by atoms with Crippen LogP contribution < -0.4 is 5.56 Å². The number of fused-ring (bicyclic) bond motifs is 1. The van der Waals surface area contributed by atoms with Gasteiger partial charge in [0.1, 0.15) is 5.69 Å². The van der Waals surface area contributed by atoms with E-state index in [4.69, 9.17) is 0 Å². The Morgan fingerprint density at radius 2 is 2.29 bits per heavy atom. The molecule has 3 heterocycles. The predicted molar refractivity (Wildman–Crippen MR) is 67.8 cm³/mol. The number of H-pyrrole nitrogens is 1. The summed E-state index contributed by atoms with van der Waals surface area (Å²) in [6.45, 7) is 1.96. The summed E-state index contributed by atoms with van der Waals surface area (Å²) in [5, 5.41) is 0. The SMILES string of the molecule is Cc1cccnc1-c1nc2c(c(=O)[nH]1)CSC2. The number of aromatic nitrogens is 3. The Hall–Kier alpha value is -1.62. The van der Waals surface area contributed by atoms with Crippen LogP contribution in [-0.4, -0.2) is 15.0 Å². The Kier molecular flexibility index (Phi) is 2.48. The Morgan fingerprint density at radius 1 is 1.41 bits per heavy atom. The van der Waals surface area contributed by atoms with E-state index in [0.29, 0.717) is 5.82 Å². The highest BCUT2D eigenvalue weighted by Crippen LogP contribution is 2.27. The van der Waals surface area contributed by atoms with Gasteiger partial charge >= 0.3 is 0 Å². The number of pyridine rings is 1. The van der Waals surface area contributed by atoms with Gasteiger partial charge in [-0.25, -0.2) is 4.98 Å². The molecule has 4 nitrogen and oxygen atoms in total. The fraction of sp³-hybridized carbons (Fsp3) is 0.250. The van der Waals surface area contributed by atoms with Crippen LogP contribution in [0.15, 0.2) is 23.1 Å². The van der Waals surface area contributed by atoms with E-state index in [2.05, 4.69) is 15.0 Å². The quantitative estimate of drug-likeness (QED) is 0.833. The third kappa shape index (κ3) is 1.76. The van der Waals surface area contributed by atoms with E-state index in [1.54, 1.807) is 18.0 Å². The molecule has 3 rings (SSSR count). The maximum atomic E-state index is 11.9. The monoisotopic (exact) mass is 245 g/mol. The van der Waals surface area contributed by atoms with Crippen molar-refractivity contribution in [1.29, 1.82) is 0 Å². The van der Waals surface area contributed by atoms with Gasteiger partial charge in [-0.05, 0) is 18.6 Å². The van der Waals surface area contributed by atoms with Crippen molar-refractivity contribution in [2.24, 2.45) is 0 Å². The summed E-state index contributed by atoms with van der Waals surface area (Å²) < 4.78 is 0. The van der Waals surface area contributed by atoms with Crippen LogP contribution in [0.3, 0.4) is 0 Å². The molecular formula is C12H11N3OS. The van der Waals surface area contributed by atoms with Crippen LogP contribution in [0, 0.1) is 6.92 Å². The van der Waals surface area contributed by atoms with E-state index >= 15 is 0 Å². The molecule has 0 spiro atoms. The van der Waals surface area contributed by atoms with Crippen LogP contribution in [0.5, 0.6) is 0 Å². The van der Waals surface area contributed by atoms with Gasteiger partial charge in [-0.1, -0.05) is 6.07 Å². The Morgan fingerprint density at radius 3 is 3.12 bits per heavy atom. The van der Waals surface area contributed by atoms with Gasteiger partial charge in [0.05, 0.1) is 5.69 Å². The van der Waals surface area contributed by atoms with Crippen molar-refractivity contribution in [3.63, 3.8) is 0 Å². The van der Waals surface area contributed by atoms with Gasteiger partial charge in [0, 0.05) is 23.3 Å². The van der Waals surface area contributed by atoms with Gasteiger partial charge in [0.15, 0.2) is 5.82 Å². The molecular weight excluding hydrogens is 234 g/mol. The summed E-state index contributed by atoms with van der Waals surface area (Å²) in [5.41, 5.74) is 3.46. The predicted octanol–water partition coefficient (Wildman–Crippen LogP) is 1.89. The molecule has 2 aromatic rings. The van der Waals surface area contributed by atoms with Gasteiger partial charge in [-0.15, -0.1) is 0 Å². The number of thioether (sulfide) groups is 1. The van der Waals surface area contributed by atoms with Crippen molar-refractivity contribution in [3.05, 3.63) is 45.5 Å². The minimum Gasteiger partial charge on any atom is -0.305 e. The molecule has 2 aromatic heterocycles. The molecule has 5 heteroatoms. The van der Waals surface area contributed by atoms with Crippen molar-refractivity contribution < 1.29 is 0 Å². The second-order valence-corrected chi connectivity index (χ2v) is 4.99. The molecule has 1 N–H and O–H groups in total. The smallest absolute Gasteiger partial charge is 0.255 e. The van der Waals surface area contributed by atoms with E-state index in [1.165, 1.54) is 0 Å². The first-order valence-corrected chi connectivity index (χ1v) is 6.53. The van der Waals surface area contributed by atoms with E-state index in [1.807, 2.05) is 19.1 Å². The van der Waals surface area contributed by atoms with Crippen molar-refractivity contribution in [1.82, 2.24) is 15.0 Å². The molecule has 0 aromatic carbocycles. The van der Waals surface area contributed by atoms with Crippen LogP contribution in [0.2, 0.25) is 0 Å². The summed E-state index contributed by atoms with van der Waals surface area (Å²) in [5.74, 6) is 2.16. The molecule has 0 saturated carbocycles. The van der Waals surface area contributed by atoms with Gasteiger partial charge in [0.25, 0.3) is 5.56 Å². The first kappa shape index (κ1) is 10.5. The van der Waals surface area contributed by atoms with Gasteiger partial charge < -0.3 is 4.98 Å². The van der Waals surface area contributed by atoms with Gasteiger partial charge in [0.2, 0.25) is 0 Å². The maximum absolute atomic E-state index is 11.9. The minimum absolute atomic E-state index is 0.0277. The van der Waals surface area contributed by atoms with E-state index in [0.717, 1.165) is 34.0 Å². The van der Waals surface area contributed by atoms with Crippen LogP contribution in [-0.2, 0) is 11.5 Å². The molecule has 0 bridgehead atoms. The molecule has 0 saturated heterocycles. The molecule has 0 amide bonds. The average Bonchev–Trinajstić information content (AvgIpc) is 2.78. The molecule has 17 heavy (non-hydrogen) atoms. The Balaban J connectivity index is 2.20. The summed E-state index contributed by atoms with van der Waals surface area (Å²) >= 11 is 1.72. The third-order valence-corrected chi connectivity index (χ3v) is 3.79. The molecule has 0 atom stereocenters. The molecule has 0 aliphatic carbocycles. The lowest BCUT2D eigenvalue weighted by Gasteiger charge is -2.05. The maximum Gasteiger partial charge on any atom is 0.255 e. The zero-order valence-electron chi connectivity index (χ0n) is 9.36. The first-order chi connectivity index (χ1) is 8.25. The van der Waals surface area contributed by atoms with Crippen LogP contribution in [0.1, 0.15) is 16.8 Å². The van der Waals surface area contributed by atoms with Gasteiger partial charge in [-0.2, -0.15) is 11.8 Å². The molecule has 1 aliphatic heterocycles. The molecule has 1 aliphatic rings. The number of aromatic amines is 1. The van der Waals surface area contributed by atoms with Gasteiger partial charge in [-0.3, -0.25) is 9.78 Å². The first-order valence-electron chi connectivity index (χ1n) is 5.37. The number of aryl methyl sites for hydroxylation is 1. The normalized spacial score (nSPS) is 13.7. The summed E-state index contributed by atoms with van der Waals surface area (Å²) in [6.07, 6.45) is 1.71. The Bertz CT molecular complexity index is 636. The van der Waals surface area contributed by atoms with Crippen molar-refractivity contribution in [2.45, 2.75) is 18.4 Å². The van der Waals surface area contributed by atoms with E-state index in [9.17, 15) is 4.79 Å². The van der Waals surface area contributed by atoms with Crippen LogP contribution >= 0.6 is 11.8 Å². The highest BCUT2D eigenvalue weighted by Gasteiger charge is 2.18. The lowest BCUT2D eigenvalue weighted by Crippen LogP contribution is -2.15. The summed E-state index contributed by atoms with van der Waals surface area (Å²) in [4.78, 5) is 23.5. The average molecular weight is 245 g/mol. The van der Waals surface area contributed by atoms with Crippen LogP contribution in [0.25, 0.3) is 11.5 Å². The number of hydrogen-bond donors (Lipinski definition) is 1. The number of rotatable bonds is 1. The van der Waals surface area contributed by atoms with Crippen molar-refractivity contribution >= 4 is 11.8 Å². The van der Waals surface area contributed by atoms with Crippen molar-refractivity contribution in [2.75, 3.05) is 0 Å². The van der Waals surface area contributed by atoms with E-state index < -0.39 is 0 Å². The highest BCUT2D eigenvalue weighted by atomic mass is 32.2. The second kappa shape index (κ2) is 4.00. The zero-order valence-corrected chi connectivity index (χ0v) is 10.2. The minimum atomic E-state index is -0.0277. The Labute approximate surface area is 103 Å². The molecule has 0 radical (unpaired) electrons. The van der Waals surface area contributed by atoms with Crippen molar-refractivity contribution in [3.8, 4) is 11.5 Å². The topological polar surface area (TPSA) is 58.6 Å². The zero-order chi connectivity index (χ0) is 11.8. The fourth-order valence-electron chi connectivity index (χ4n) is 1.91. The lowest BCUT2D eigenvalue weighted by molar-refractivity contribution is 1.02. The largest absolute Gasteiger partial charge is 0.305 e. The lowest BCUT2D eigenvalue weighted by atomic mass is 10.2. The van der Waals surface area contributed by atoms with Crippen LogP contribution in [0.4, 0.5) is 0 Å². The second-order valence-electron chi connectivity index (χ2n) is 4.00. The molecule has 86 valence electrons. The number of nitrogens with one attached hydrogen (secondary N) is 1. The number of hydrogen-bond acceptors (Lipinski definition) is 4. The highest BCUT2D eigenvalue weighted by molar-refractivity contribution is 7.98. The molecule has 0 unspecified atom stereocenters. The summed E-state index contributed by atoms with van der Waals surface area (Å²) in [7, 11) is 0. The fourth-order valence-corrected chi connectivity index (χ4v) is 2.94.